The molecule has 1 saturated heterocycles. The Hall–Kier alpha value is -4.36. The number of rotatable bonds is 7. The van der Waals surface area contributed by atoms with E-state index < -0.39 is 0 Å². The summed E-state index contributed by atoms with van der Waals surface area (Å²) in [4.78, 5) is 20.4. The Morgan fingerprint density at radius 1 is 1.05 bits per heavy atom. The number of para-hydroxylation sites is 2. The normalized spacial score (nSPS) is 15.2. The first-order chi connectivity index (χ1) is 19.6. The van der Waals surface area contributed by atoms with Gasteiger partial charge in [-0.1, -0.05) is 60.1 Å². The molecular formula is C32H30ClN5O2. The summed E-state index contributed by atoms with van der Waals surface area (Å²) >= 11 is 6.50. The van der Waals surface area contributed by atoms with E-state index in [1.54, 1.807) is 0 Å². The molecule has 1 N–H and O–H groups in total. The summed E-state index contributed by atoms with van der Waals surface area (Å²) in [6.07, 6.45) is 3.79. The fraction of sp³-hybridized carbons (Fsp3) is 0.219. The topological polar surface area (TPSA) is 71.8 Å². The van der Waals surface area contributed by atoms with Crippen LogP contribution < -0.4 is 10.1 Å². The van der Waals surface area contributed by atoms with Crippen LogP contribution in [0.15, 0.2) is 91.1 Å². The summed E-state index contributed by atoms with van der Waals surface area (Å²) in [7, 11) is 0. The molecule has 0 saturated carbocycles. The number of benzene rings is 3. The van der Waals surface area contributed by atoms with Crippen molar-refractivity contribution in [1.29, 1.82) is 0 Å². The summed E-state index contributed by atoms with van der Waals surface area (Å²) in [6.45, 7) is 4.09. The second-order valence-electron chi connectivity index (χ2n) is 10.1. The van der Waals surface area contributed by atoms with Crippen molar-refractivity contribution in [3.8, 4) is 22.8 Å². The lowest BCUT2D eigenvalue weighted by Gasteiger charge is -2.33. The molecule has 1 atom stereocenters. The number of carbonyl (C=O) groups is 1. The smallest absolute Gasteiger partial charge is 0.257 e. The molecule has 1 aliphatic rings. The van der Waals surface area contributed by atoms with E-state index in [0.717, 1.165) is 47.7 Å². The van der Waals surface area contributed by atoms with Crippen molar-refractivity contribution in [1.82, 2.24) is 19.5 Å². The van der Waals surface area contributed by atoms with E-state index in [0.29, 0.717) is 35.2 Å². The number of anilines is 1. The molecule has 7 nitrogen and oxygen atoms in total. The maximum atomic E-state index is 13.6. The van der Waals surface area contributed by atoms with Crippen molar-refractivity contribution in [2.75, 3.05) is 25.0 Å². The summed E-state index contributed by atoms with van der Waals surface area (Å²) < 4.78 is 7.90. The Morgan fingerprint density at radius 3 is 2.67 bits per heavy atom. The number of nitrogens with zero attached hydrogens (tertiary/aromatic N) is 4. The molecule has 202 valence electrons. The summed E-state index contributed by atoms with van der Waals surface area (Å²) in [5, 5.41) is 8.80. The molecule has 1 unspecified atom stereocenters. The molecule has 6 rings (SSSR count). The molecule has 5 aromatic rings. The van der Waals surface area contributed by atoms with E-state index >= 15 is 0 Å². The molecule has 0 spiro atoms. The number of nitrogens with one attached hydrogen (secondary N) is 1. The number of likely N-dealkylation sites (tertiary alicyclic amines) is 1. The van der Waals surface area contributed by atoms with E-state index in [1.165, 1.54) is 0 Å². The minimum Gasteiger partial charge on any atom is -0.457 e. The molecule has 0 bridgehead atoms. The van der Waals surface area contributed by atoms with E-state index in [2.05, 4.69) is 10.4 Å². The number of aryl methyl sites for hydroxylation is 1. The monoisotopic (exact) mass is 551 g/mol. The minimum atomic E-state index is -0.00811. The van der Waals surface area contributed by atoms with Gasteiger partial charge < -0.3 is 15.0 Å². The predicted molar refractivity (Wildman–Crippen MR) is 158 cm³/mol. The van der Waals surface area contributed by atoms with Gasteiger partial charge in [0.1, 0.15) is 17.3 Å². The van der Waals surface area contributed by atoms with Crippen molar-refractivity contribution >= 4 is 29.0 Å². The van der Waals surface area contributed by atoms with Gasteiger partial charge in [0, 0.05) is 41.9 Å². The van der Waals surface area contributed by atoms with Gasteiger partial charge in [0.2, 0.25) is 0 Å². The second kappa shape index (κ2) is 11.4. The van der Waals surface area contributed by atoms with Gasteiger partial charge in [0.15, 0.2) is 5.65 Å². The zero-order chi connectivity index (χ0) is 27.5. The van der Waals surface area contributed by atoms with Crippen molar-refractivity contribution < 1.29 is 9.53 Å². The minimum absolute atomic E-state index is 0.00811. The van der Waals surface area contributed by atoms with E-state index in [1.807, 2.05) is 107 Å². The average molecular weight is 552 g/mol. The first kappa shape index (κ1) is 25.9. The van der Waals surface area contributed by atoms with Crippen molar-refractivity contribution in [3.05, 3.63) is 107 Å². The molecule has 1 amide bonds. The lowest BCUT2D eigenvalue weighted by molar-refractivity contribution is 0.0677. The highest BCUT2D eigenvalue weighted by Gasteiger charge is 2.26. The predicted octanol–water partition coefficient (Wildman–Crippen LogP) is 7.11. The van der Waals surface area contributed by atoms with Crippen molar-refractivity contribution in [2.24, 2.45) is 5.92 Å². The maximum Gasteiger partial charge on any atom is 0.257 e. The van der Waals surface area contributed by atoms with Crippen LogP contribution in [-0.4, -0.2) is 45.0 Å². The Morgan fingerprint density at radius 2 is 1.82 bits per heavy atom. The molecule has 40 heavy (non-hydrogen) atoms. The van der Waals surface area contributed by atoms with Gasteiger partial charge in [-0.05, 0) is 56.0 Å². The van der Waals surface area contributed by atoms with Crippen LogP contribution in [0.5, 0.6) is 11.5 Å². The number of amides is 1. The third-order valence-corrected chi connectivity index (χ3v) is 7.59. The molecular weight excluding hydrogens is 522 g/mol. The van der Waals surface area contributed by atoms with Gasteiger partial charge in [0.05, 0.1) is 17.5 Å². The molecule has 1 fully saturated rings. The lowest BCUT2D eigenvalue weighted by Crippen LogP contribution is -2.42. The number of hydrogen-bond acceptors (Lipinski definition) is 5. The zero-order valence-electron chi connectivity index (χ0n) is 22.3. The zero-order valence-corrected chi connectivity index (χ0v) is 23.0. The van der Waals surface area contributed by atoms with Crippen LogP contribution in [0.4, 0.5) is 5.82 Å². The van der Waals surface area contributed by atoms with Gasteiger partial charge in [-0.25, -0.2) is 4.98 Å². The number of hydrogen-bond donors (Lipinski definition) is 1. The van der Waals surface area contributed by atoms with Crippen LogP contribution in [0, 0.1) is 12.8 Å². The largest absolute Gasteiger partial charge is 0.457 e. The fourth-order valence-electron chi connectivity index (χ4n) is 5.19. The highest BCUT2D eigenvalue weighted by atomic mass is 35.5. The van der Waals surface area contributed by atoms with Gasteiger partial charge >= 0.3 is 0 Å². The SMILES string of the molecule is Cc1cnn2c(NCC3CCCN(C(=O)c4ccccc4Oc4ccccc4)C3)cc(-c3ccccc3Cl)nc12. The van der Waals surface area contributed by atoms with Crippen LogP contribution >= 0.6 is 11.6 Å². The molecule has 8 heteroatoms. The van der Waals surface area contributed by atoms with E-state index in [9.17, 15) is 4.79 Å². The number of halogens is 1. The third-order valence-electron chi connectivity index (χ3n) is 7.26. The molecule has 3 heterocycles. The maximum absolute atomic E-state index is 13.6. The molecule has 3 aromatic carbocycles. The van der Waals surface area contributed by atoms with Gasteiger partial charge in [-0.2, -0.15) is 9.61 Å². The third kappa shape index (κ3) is 5.38. The fourth-order valence-corrected chi connectivity index (χ4v) is 5.42. The lowest BCUT2D eigenvalue weighted by atomic mass is 9.97. The summed E-state index contributed by atoms with van der Waals surface area (Å²) in [5.41, 5.74) is 4.02. The van der Waals surface area contributed by atoms with Gasteiger partial charge in [-0.3, -0.25) is 4.79 Å². The molecule has 0 radical (unpaired) electrons. The number of ether oxygens (including phenoxy) is 1. The summed E-state index contributed by atoms with van der Waals surface area (Å²) in [5.74, 6) is 2.39. The Balaban J connectivity index is 1.19. The van der Waals surface area contributed by atoms with Crippen LogP contribution in [0.2, 0.25) is 5.02 Å². The molecule has 0 aliphatic carbocycles. The second-order valence-corrected chi connectivity index (χ2v) is 10.5. The van der Waals surface area contributed by atoms with E-state index in [-0.39, 0.29) is 11.8 Å². The Bertz CT molecular complexity index is 1650. The van der Waals surface area contributed by atoms with Crippen molar-refractivity contribution in [2.45, 2.75) is 19.8 Å². The van der Waals surface area contributed by atoms with Crippen LogP contribution in [-0.2, 0) is 0 Å². The van der Waals surface area contributed by atoms with Crippen molar-refractivity contribution in [3.63, 3.8) is 0 Å². The number of piperidine rings is 1. The number of fused-ring (bicyclic) bond motifs is 1. The average Bonchev–Trinajstić information content (AvgIpc) is 3.37. The van der Waals surface area contributed by atoms with Crippen LogP contribution in [0.1, 0.15) is 28.8 Å². The highest BCUT2D eigenvalue weighted by molar-refractivity contribution is 6.33. The first-order valence-electron chi connectivity index (χ1n) is 13.5. The Labute approximate surface area is 238 Å². The van der Waals surface area contributed by atoms with Gasteiger partial charge in [0.25, 0.3) is 5.91 Å². The Kier molecular flexibility index (Phi) is 7.38. The highest BCUT2D eigenvalue weighted by Crippen LogP contribution is 2.31. The van der Waals surface area contributed by atoms with Crippen LogP contribution in [0.3, 0.4) is 0 Å². The standard InChI is InChI=1S/C32H30ClN5O2/c1-22-19-35-38-30(18-28(36-31(22)38)25-13-5-7-15-27(25)33)34-20-23-10-9-17-37(21-23)32(39)26-14-6-8-16-29(26)40-24-11-3-2-4-12-24/h2-8,11-16,18-19,23,34H,9-10,17,20-21H2,1H3. The first-order valence-corrected chi connectivity index (χ1v) is 13.9. The van der Waals surface area contributed by atoms with Crippen LogP contribution in [0.25, 0.3) is 16.9 Å². The summed E-state index contributed by atoms with van der Waals surface area (Å²) in [6, 6.07) is 26.7. The number of aromatic nitrogens is 3. The van der Waals surface area contributed by atoms with E-state index in [4.69, 9.17) is 21.3 Å². The number of carbonyl (C=O) groups excluding carboxylic acids is 1. The molecule has 1 aliphatic heterocycles. The van der Waals surface area contributed by atoms with Gasteiger partial charge in [-0.15, -0.1) is 0 Å². The quantitative estimate of drug-likeness (QED) is 0.233. The molecule has 2 aromatic heterocycles.